The van der Waals surface area contributed by atoms with Crippen LogP contribution in [0.25, 0.3) is 0 Å². The Morgan fingerprint density at radius 3 is 2.68 bits per heavy atom. The van der Waals surface area contributed by atoms with Gasteiger partial charge in [-0.3, -0.25) is 4.79 Å². The van der Waals surface area contributed by atoms with E-state index in [4.69, 9.17) is 5.11 Å². The number of carboxylic acids is 1. The van der Waals surface area contributed by atoms with Crippen LogP contribution in [-0.2, 0) is 9.59 Å². The minimum Gasteiger partial charge on any atom is -0.480 e. The lowest BCUT2D eigenvalue weighted by atomic mass is 10.2. The molecule has 1 fully saturated rings. The SMILES string of the molecule is CSCCC(NC(=O)CSC1CCNCC1)C(=O)O. The molecule has 5 nitrogen and oxygen atoms in total. The molecule has 1 rings (SSSR count). The highest BCUT2D eigenvalue weighted by Gasteiger charge is 2.20. The van der Waals surface area contributed by atoms with Crippen molar-refractivity contribution in [2.45, 2.75) is 30.6 Å². The Labute approximate surface area is 122 Å². The van der Waals surface area contributed by atoms with Crippen molar-refractivity contribution in [1.82, 2.24) is 10.6 Å². The summed E-state index contributed by atoms with van der Waals surface area (Å²) in [5.41, 5.74) is 0. The average molecular weight is 306 g/mol. The van der Waals surface area contributed by atoms with Crippen LogP contribution in [0.2, 0.25) is 0 Å². The number of aliphatic carboxylic acids is 1. The number of thioether (sulfide) groups is 2. The van der Waals surface area contributed by atoms with Gasteiger partial charge in [-0.15, -0.1) is 11.8 Å². The second kappa shape index (κ2) is 9.50. The van der Waals surface area contributed by atoms with Crippen LogP contribution in [-0.4, -0.2) is 59.1 Å². The van der Waals surface area contributed by atoms with Crippen molar-refractivity contribution in [2.24, 2.45) is 0 Å². The van der Waals surface area contributed by atoms with E-state index in [1.54, 1.807) is 23.5 Å². The lowest BCUT2D eigenvalue weighted by Crippen LogP contribution is -2.42. The summed E-state index contributed by atoms with van der Waals surface area (Å²) in [4.78, 5) is 22.8. The van der Waals surface area contributed by atoms with E-state index in [1.165, 1.54) is 0 Å². The monoisotopic (exact) mass is 306 g/mol. The second-order valence-corrected chi connectivity index (χ2v) is 6.77. The van der Waals surface area contributed by atoms with Crippen molar-refractivity contribution in [3.05, 3.63) is 0 Å². The third kappa shape index (κ3) is 7.08. The molecule has 1 atom stereocenters. The van der Waals surface area contributed by atoms with Crippen LogP contribution in [0.15, 0.2) is 0 Å². The fourth-order valence-corrected chi connectivity index (χ4v) is 3.40. The zero-order valence-electron chi connectivity index (χ0n) is 11.2. The average Bonchev–Trinajstić information content (AvgIpc) is 2.42. The zero-order valence-corrected chi connectivity index (χ0v) is 12.8. The van der Waals surface area contributed by atoms with E-state index in [0.29, 0.717) is 17.4 Å². The highest BCUT2D eigenvalue weighted by Crippen LogP contribution is 2.19. The Morgan fingerprint density at radius 1 is 1.42 bits per heavy atom. The van der Waals surface area contributed by atoms with Crippen LogP contribution in [0.5, 0.6) is 0 Å². The number of piperidine rings is 1. The molecule has 1 unspecified atom stereocenters. The van der Waals surface area contributed by atoms with E-state index < -0.39 is 12.0 Å². The number of nitrogens with one attached hydrogen (secondary N) is 2. The molecular formula is C12H22N2O3S2. The Kier molecular flexibility index (Phi) is 8.32. The highest BCUT2D eigenvalue weighted by atomic mass is 32.2. The minimum atomic E-state index is -0.950. The van der Waals surface area contributed by atoms with E-state index >= 15 is 0 Å². The number of amides is 1. The largest absolute Gasteiger partial charge is 0.480 e. The van der Waals surface area contributed by atoms with E-state index in [0.717, 1.165) is 31.7 Å². The maximum Gasteiger partial charge on any atom is 0.326 e. The first-order chi connectivity index (χ1) is 9.13. The fraction of sp³-hybridized carbons (Fsp3) is 0.833. The Morgan fingerprint density at radius 2 is 2.11 bits per heavy atom. The van der Waals surface area contributed by atoms with Crippen molar-refractivity contribution in [2.75, 3.05) is 30.9 Å². The molecule has 0 spiro atoms. The molecule has 0 aromatic carbocycles. The lowest BCUT2D eigenvalue weighted by molar-refractivity contribution is -0.141. The molecule has 1 amide bonds. The fourth-order valence-electron chi connectivity index (χ4n) is 1.88. The molecular weight excluding hydrogens is 284 g/mol. The van der Waals surface area contributed by atoms with Gasteiger partial charge in [0.25, 0.3) is 0 Å². The molecule has 0 radical (unpaired) electrons. The van der Waals surface area contributed by atoms with Crippen molar-refractivity contribution in [1.29, 1.82) is 0 Å². The first kappa shape index (κ1) is 16.7. The molecule has 0 saturated carbocycles. The van der Waals surface area contributed by atoms with Crippen LogP contribution in [0.4, 0.5) is 0 Å². The quantitative estimate of drug-likeness (QED) is 0.615. The lowest BCUT2D eigenvalue weighted by Gasteiger charge is -2.22. The number of hydrogen-bond acceptors (Lipinski definition) is 5. The van der Waals surface area contributed by atoms with Crippen molar-refractivity contribution < 1.29 is 14.7 Å². The van der Waals surface area contributed by atoms with Gasteiger partial charge in [0.2, 0.25) is 5.91 Å². The van der Waals surface area contributed by atoms with Gasteiger partial charge >= 0.3 is 5.97 Å². The van der Waals surface area contributed by atoms with Crippen LogP contribution in [0.1, 0.15) is 19.3 Å². The van der Waals surface area contributed by atoms with E-state index in [2.05, 4.69) is 10.6 Å². The number of carbonyl (C=O) groups excluding carboxylic acids is 1. The van der Waals surface area contributed by atoms with Gasteiger partial charge in [0.1, 0.15) is 6.04 Å². The first-order valence-electron chi connectivity index (χ1n) is 6.47. The predicted octanol–water partition coefficient (Wildman–Crippen LogP) is 0.794. The van der Waals surface area contributed by atoms with Gasteiger partial charge in [-0.2, -0.15) is 11.8 Å². The van der Waals surface area contributed by atoms with Crippen LogP contribution in [0.3, 0.4) is 0 Å². The maximum atomic E-state index is 11.7. The summed E-state index contributed by atoms with van der Waals surface area (Å²) in [7, 11) is 0. The van der Waals surface area contributed by atoms with Crippen molar-refractivity contribution in [3.63, 3.8) is 0 Å². The molecule has 110 valence electrons. The van der Waals surface area contributed by atoms with Crippen LogP contribution in [0, 0.1) is 0 Å². The second-order valence-electron chi connectivity index (χ2n) is 4.50. The molecule has 3 N–H and O–H groups in total. The summed E-state index contributed by atoms with van der Waals surface area (Å²) < 4.78 is 0. The van der Waals surface area contributed by atoms with Crippen LogP contribution < -0.4 is 10.6 Å². The summed E-state index contributed by atoms with van der Waals surface area (Å²) in [6.07, 6.45) is 4.55. The van der Waals surface area contributed by atoms with E-state index in [1.807, 2.05) is 6.26 Å². The molecule has 0 aromatic heterocycles. The molecule has 7 heteroatoms. The van der Waals surface area contributed by atoms with Gasteiger partial charge in [0.15, 0.2) is 0 Å². The molecule has 0 aromatic rings. The highest BCUT2D eigenvalue weighted by molar-refractivity contribution is 8.00. The van der Waals surface area contributed by atoms with Gasteiger partial charge < -0.3 is 15.7 Å². The van der Waals surface area contributed by atoms with Gasteiger partial charge in [-0.1, -0.05) is 0 Å². The summed E-state index contributed by atoms with van der Waals surface area (Å²) >= 11 is 3.22. The minimum absolute atomic E-state index is 0.169. The Balaban J connectivity index is 2.25. The first-order valence-corrected chi connectivity index (χ1v) is 8.91. The summed E-state index contributed by atoms with van der Waals surface area (Å²) in [5, 5.41) is 15.4. The van der Waals surface area contributed by atoms with Gasteiger partial charge in [-0.25, -0.2) is 4.79 Å². The molecule has 1 aliphatic rings. The smallest absolute Gasteiger partial charge is 0.326 e. The maximum absolute atomic E-state index is 11.7. The molecule has 1 aliphatic heterocycles. The summed E-state index contributed by atoms with van der Waals surface area (Å²) in [5.74, 6) is -0.0295. The van der Waals surface area contributed by atoms with Gasteiger partial charge in [-0.05, 0) is 44.4 Å². The van der Waals surface area contributed by atoms with E-state index in [-0.39, 0.29) is 5.91 Å². The molecule has 1 saturated heterocycles. The normalized spacial score (nSPS) is 17.9. The molecule has 0 aliphatic carbocycles. The zero-order chi connectivity index (χ0) is 14.1. The van der Waals surface area contributed by atoms with Crippen molar-refractivity contribution in [3.8, 4) is 0 Å². The summed E-state index contributed by atoms with van der Waals surface area (Å²) in [6.45, 7) is 2.01. The topological polar surface area (TPSA) is 78.4 Å². The predicted molar refractivity (Wildman–Crippen MR) is 80.9 cm³/mol. The third-order valence-corrected chi connectivity index (χ3v) is 5.00. The number of hydrogen-bond donors (Lipinski definition) is 3. The van der Waals surface area contributed by atoms with Gasteiger partial charge in [0, 0.05) is 5.25 Å². The number of carbonyl (C=O) groups is 2. The standard InChI is InChI=1S/C12H22N2O3S2/c1-18-7-4-10(12(16)17)14-11(15)8-19-9-2-5-13-6-3-9/h9-10,13H,2-8H2,1H3,(H,14,15)(H,16,17). The molecule has 19 heavy (non-hydrogen) atoms. The Hall–Kier alpha value is -0.400. The van der Waals surface area contributed by atoms with Crippen molar-refractivity contribution >= 4 is 35.4 Å². The summed E-state index contributed by atoms with van der Waals surface area (Å²) in [6, 6.07) is -0.756. The third-order valence-electron chi connectivity index (χ3n) is 2.98. The Bertz CT molecular complexity index is 297. The van der Waals surface area contributed by atoms with Crippen LogP contribution >= 0.6 is 23.5 Å². The molecule has 1 heterocycles. The molecule has 0 bridgehead atoms. The number of carboxylic acid groups (broad SMARTS) is 1. The number of rotatable bonds is 8. The van der Waals surface area contributed by atoms with Gasteiger partial charge in [0.05, 0.1) is 5.75 Å². The van der Waals surface area contributed by atoms with E-state index in [9.17, 15) is 9.59 Å².